The summed E-state index contributed by atoms with van der Waals surface area (Å²) in [5, 5.41) is 12.2. The van der Waals surface area contributed by atoms with Gasteiger partial charge in [-0.2, -0.15) is 0 Å². The highest BCUT2D eigenvalue weighted by atomic mass is 32.2. The van der Waals surface area contributed by atoms with Crippen LogP contribution in [0.4, 0.5) is 5.69 Å². The average Bonchev–Trinajstić information content (AvgIpc) is 3.39. The van der Waals surface area contributed by atoms with Gasteiger partial charge in [0.25, 0.3) is 0 Å². The lowest BCUT2D eigenvalue weighted by Crippen LogP contribution is -2.19. The van der Waals surface area contributed by atoms with Crippen molar-refractivity contribution in [2.24, 2.45) is 0 Å². The van der Waals surface area contributed by atoms with E-state index in [4.69, 9.17) is 0 Å². The number of nitrogens with zero attached hydrogens (tertiary/aromatic N) is 3. The van der Waals surface area contributed by atoms with E-state index in [-0.39, 0.29) is 11.7 Å². The molecule has 0 atom stereocenters. The molecule has 2 heterocycles. The molecular formula is C18H20N4O2S. The number of Topliss-reactive ketones (excluding diaryl/α,β-unsaturated/α-hetero) is 1. The summed E-state index contributed by atoms with van der Waals surface area (Å²) in [5.41, 5.74) is 2.54. The SMILES string of the molecule is CCn1c(SCC(=O)c2ccc3c(c2)CCC(=O)N3)nnc1C1CC1. The lowest BCUT2D eigenvalue weighted by Gasteiger charge is -2.17. The molecule has 0 radical (unpaired) electrons. The zero-order valence-corrected chi connectivity index (χ0v) is 14.9. The Hall–Kier alpha value is -2.15. The Kier molecular flexibility index (Phi) is 4.33. The largest absolute Gasteiger partial charge is 0.326 e. The number of hydrogen-bond acceptors (Lipinski definition) is 5. The van der Waals surface area contributed by atoms with Crippen LogP contribution in [0.2, 0.25) is 0 Å². The zero-order chi connectivity index (χ0) is 17.4. The monoisotopic (exact) mass is 356 g/mol. The molecule has 1 aliphatic carbocycles. The van der Waals surface area contributed by atoms with Crippen molar-refractivity contribution in [1.82, 2.24) is 14.8 Å². The molecule has 0 unspecified atom stereocenters. The van der Waals surface area contributed by atoms with Gasteiger partial charge in [0, 0.05) is 30.1 Å². The van der Waals surface area contributed by atoms with Crippen molar-refractivity contribution in [3.05, 3.63) is 35.2 Å². The standard InChI is InChI=1S/C18H20N4O2S/c1-2-22-17(11-3-4-11)20-21-18(22)25-10-15(23)13-5-7-14-12(9-13)6-8-16(24)19-14/h5,7,9,11H,2-4,6,8,10H2,1H3,(H,19,24). The Morgan fingerprint density at radius 3 is 2.92 bits per heavy atom. The highest BCUT2D eigenvalue weighted by Gasteiger charge is 2.30. The van der Waals surface area contributed by atoms with Gasteiger partial charge in [0.15, 0.2) is 10.9 Å². The van der Waals surface area contributed by atoms with E-state index in [1.165, 1.54) is 24.6 Å². The van der Waals surface area contributed by atoms with Gasteiger partial charge >= 0.3 is 0 Å². The van der Waals surface area contributed by atoms with Crippen LogP contribution < -0.4 is 5.32 Å². The fraction of sp³-hybridized carbons (Fsp3) is 0.444. The molecule has 2 aliphatic rings. The van der Waals surface area contributed by atoms with Crippen LogP contribution in [0.3, 0.4) is 0 Å². The molecule has 1 aromatic carbocycles. The number of amides is 1. The molecule has 6 nitrogen and oxygen atoms in total. The van der Waals surface area contributed by atoms with Crippen LogP contribution in [0.15, 0.2) is 23.4 Å². The van der Waals surface area contributed by atoms with Crippen molar-refractivity contribution >= 4 is 29.1 Å². The average molecular weight is 356 g/mol. The first-order valence-electron chi connectivity index (χ1n) is 8.67. The van der Waals surface area contributed by atoms with Crippen LogP contribution in [-0.4, -0.2) is 32.2 Å². The maximum atomic E-state index is 12.6. The molecule has 0 saturated heterocycles. The first-order chi connectivity index (χ1) is 12.2. The van der Waals surface area contributed by atoms with Gasteiger partial charge < -0.3 is 9.88 Å². The minimum Gasteiger partial charge on any atom is -0.326 e. The van der Waals surface area contributed by atoms with Crippen molar-refractivity contribution in [3.63, 3.8) is 0 Å². The molecule has 130 valence electrons. The summed E-state index contributed by atoms with van der Waals surface area (Å²) in [6, 6.07) is 5.51. The quantitative estimate of drug-likeness (QED) is 0.636. The third kappa shape index (κ3) is 3.33. The predicted octanol–water partition coefficient (Wildman–Crippen LogP) is 3.04. The van der Waals surface area contributed by atoms with E-state index >= 15 is 0 Å². The van der Waals surface area contributed by atoms with Gasteiger partial charge in [-0.1, -0.05) is 11.8 Å². The topological polar surface area (TPSA) is 76.9 Å². The van der Waals surface area contributed by atoms with Crippen LogP contribution in [0.1, 0.15) is 53.8 Å². The first-order valence-corrected chi connectivity index (χ1v) is 9.66. The minimum atomic E-state index is 0.0347. The van der Waals surface area contributed by atoms with Crippen LogP contribution >= 0.6 is 11.8 Å². The zero-order valence-electron chi connectivity index (χ0n) is 14.1. The fourth-order valence-electron chi connectivity index (χ4n) is 3.12. The highest BCUT2D eigenvalue weighted by molar-refractivity contribution is 7.99. The summed E-state index contributed by atoms with van der Waals surface area (Å²) < 4.78 is 2.12. The van der Waals surface area contributed by atoms with Gasteiger partial charge in [-0.15, -0.1) is 10.2 Å². The molecule has 7 heteroatoms. The Morgan fingerprint density at radius 1 is 1.32 bits per heavy atom. The highest BCUT2D eigenvalue weighted by Crippen LogP contribution is 2.40. The van der Waals surface area contributed by atoms with Crippen LogP contribution in [0.5, 0.6) is 0 Å². The molecule has 25 heavy (non-hydrogen) atoms. The number of aryl methyl sites for hydroxylation is 1. The van der Waals surface area contributed by atoms with E-state index in [0.717, 1.165) is 28.8 Å². The van der Waals surface area contributed by atoms with Gasteiger partial charge in [-0.25, -0.2) is 0 Å². The molecule has 4 rings (SSSR count). The number of anilines is 1. The number of carbonyl (C=O) groups excluding carboxylic acids is 2. The summed E-state index contributed by atoms with van der Waals surface area (Å²) in [4.78, 5) is 24.0. The smallest absolute Gasteiger partial charge is 0.224 e. The Bertz CT molecular complexity index is 842. The molecule has 0 bridgehead atoms. The van der Waals surface area contributed by atoms with Gasteiger partial charge in [0.1, 0.15) is 5.82 Å². The minimum absolute atomic E-state index is 0.0347. The molecule has 0 spiro atoms. The molecule has 1 amide bonds. The summed E-state index contributed by atoms with van der Waals surface area (Å²) in [6.45, 7) is 2.91. The Balaban J connectivity index is 1.45. The number of thioether (sulfide) groups is 1. The van der Waals surface area contributed by atoms with E-state index in [1.54, 1.807) is 6.07 Å². The van der Waals surface area contributed by atoms with Gasteiger partial charge in [0.2, 0.25) is 5.91 Å². The maximum absolute atomic E-state index is 12.6. The molecule has 2 aromatic rings. The number of carbonyl (C=O) groups is 2. The number of aromatic nitrogens is 3. The van der Waals surface area contributed by atoms with E-state index in [9.17, 15) is 9.59 Å². The maximum Gasteiger partial charge on any atom is 0.224 e. The van der Waals surface area contributed by atoms with E-state index in [2.05, 4.69) is 27.0 Å². The summed E-state index contributed by atoms with van der Waals surface area (Å²) in [5.74, 6) is 2.06. The number of benzene rings is 1. The molecule has 1 aliphatic heterocycles. The van der Waals surface area contributed by atoms with Crippen molar-refractivity contribution in [1.29, 1.82) is 0 Å². The second kappa shape index (κ2) is 6.63. The van der Waals surface area contributed by atoms with Crippen molar-refractivity contribution in [2.45, 2.75) is 50.2 Å². The van der Waals surface area contributed by atoms with Crippen LogP contribution in [0, 0.1) is 0 Å². The first kappa shape index (κ1) is 16.3. The lowest BCUT2D eigenvalue weighted by atomic mass is 9.99. The number of ketones is 1. The number of nitrogens with one attached hydrogen (secondary N) is 1. The Labute approximate surface area is 150 Å². The van der Waals surface area contributed by atoms with Crippen molar-refractivity contribution in [3.8, 4) is 0 Å². The third-order valence-electron chi connectivity index (χ3n) is 4.66. The van der Waals surface area contributed by atoms with E-state index in [1.807, 2.05) is 12.1 Å². The molecule has 1 saturated carbocycles. The second-order valence-corrected chi connectivity index (χ2v) is 7.43. The fourth-order valence-corrected chi connectivity index (χ4v) is 4.02. The van der Waals surface area contributed by atoms with Crippen molar-refractivity contribution < 1.29 is 9.59 Å². The Morgan fingerprint density at radius 2 is 2.16 bits per heavy atom. The molecule has 1 fully saturated rings. The van der Waals surface area contributed by atoms with Crippen molar-refractivity contribution in [2.75, 3.05) is 11.1 Å². The summed E-state index contributed by atoms with van der Waals surface area (Å²) in [7, 11) is 0. The van der Waals surface area contributed by atoms with Crippen LogP contribution in [-0.2, 0) is 17.8 Å². The molecular weight excluding hydrogens is 336 g/mol. The predicted molar refractivity (Wildman–Crippen MR) is 96.1 cm³/mol. The lowest BCUT2D eigenvalue weighted by molar-refractivity contribution is -0.116. The normalized spacial score (nSPS) is 16.4. The van der Waals surface area contributed by atoms with E-state index in [0.29, 0.717) is 30.1 Å². The van der Waals surface area contributed by atoms with Gasteiger partial charge in [0.05, 0.1) is 5.75 Å². The van der Waals surface area contributed by atoms with Crippen LogP contribution in [0.25, 0.3) is 0 Å². The summed E-state index contributed by atoms with van der Waals surface area (Å²) in [6.07, 6.45) is 3.54. The number of fused-ring (bicyclic) bond motifs is 1. The van der Waals surface area contributed by atoms with E-state index < -0.39 is 0 Å². The summed E-state index contributed by atoms with van der Waals surface area (Å²) >= 11 is 1.45. The molecule has 1 aromatic heterocycles. The third-order valence-corrected chi connectivity index (χ3v) is 5.63. The molecule has 1 N–H and O–H groups in total. The number of rotatable bonds is 6. The van der Waals surface area contributed by atoms with Gasteiger partial charge in [-0.3, -0.25) is 9.59 Å². The van der Waals surface area contributed by atoms with Gasteiger partial charge in [-0.05, 0) is 49.9 Å². The number of hydrogen-bond donors (Lipinski definition) is 1. The second-order valence-electron chi connectivity index (χ2n) is 6.49.